The topological polar surface area (TPSA) is 57.7 Å². The molecule has 0 aliphatic carbocycles. The molecule has 3 rings (SSSR count). The van der Waals surface area contributed by atoms with Gasteiger partial charge >= 0.3 is 0 Å². The van der Waals surface area contributed by atoms with Crippen molar-refractivity contribution in [2.45, 2.75) is 49.5 Å². The van der Waals surface area contributed by atoms with Crippen LogP contribution in [0.1, 0.15) is 37.7 Å². The summed E-state index contributed by atoms with van der Waals surface area (Å²) >= 11 is 0. The first kappa shape index (κ1) is 18.1. The first-order chi connectivity index (χ1) is 11.9. The highest BCUT2D eigenvalue weighted by molar-refractivity contribution is 7.89. The van der Waals surface area contributed by atoms with Crippen LogP contribution in [0.3, 0.4) is 0 Å². The van der Waals surface area contributed by atoms with Gasteiger partial charge in [-0.3, -0.25) is 4.79 Å². The van der Waals surface area contributed by atoms with Crippen LogP contribution in [0.4, 0.5) is 0 Å². The van der Waals surface area contributed by atoms with E-state index in [-0.39, 0.29) is 5.91 Å². The van der Waals surface area contributed by atoms with Gasteiger partial charge in [-0.15, -0.1) is 6.58 Å². The molecule has 2 fully saturated rings. The molecule has 1 aromatic carbocycles. The highest BCUT2D eigenvalue weighted by Crippen LogP contribution is 2.38. The fraction of sp³-hybridized carbons (Fsp3) is 0.526. The maximum absolute atomic E-state index is 13.1. The third-order valence-electron chi connectivity index (χ3n) is 5.37. The van der Waals surface area contributed by atoms with Crippen molar-refractivity contribution in [2.75, 3.05) is 19.6 Å². The average molecular weight is 362 g/mol. The quantitative estimate of drug-likeness (QED) is 0.774. The van der Waals surface area contributed by atoms with Crippen molar-refractivity contribution in [2.24, 2.45) is 0 Å². The average Bonchev–Trinajstić information content (AvgIpc) is 2.59. The van der Waals surface area contributed by atoms with E-state index in [1.54, 1.807) is 28.6 Å². The Balaban J connectivity index is 1.92. The fourth-order valence-electron chi connectivity index (χ4n) is 4.15. The number of hydrogen-bond acceptors (Lipinski definition) is 3. The van der Waals surface area contributed by atoms with Gasteiger partial charge in [-0.25, -0.2) is 8.42 Å². The number of hydrogen-bond donors (Lipinski definition) is 0. The van der Waals surface area contributed by atoms with Crippen molar-refractivity contribution in [3.63, 3.8) is 0 Å². The van der Waals surface area contributed by atoms with E-state index in [9.17, 15) is 13.2 Å². The van der Waals surface area contributed by atoms with Gasteiger partial charge in [0.05, 0.1) is 10.4 Å². The molecule has 2 aliphatic rings. The van der Waals surface area contributed by atoms with Crippen LogP contribution in [0.2, 0.25) is 0 Å². The number of nitrogens with zero attached hydrogens (tertiary/aromatic N) is 2. The number of aryl methyl sites for hydroxylation is 1. The van der Waals surface area contributed by atoms with Gasteiger partial charge in [0, 0.05) is 26.1 Å². The summed E-state index contributed by atoms with van der Waals surface area (Å²) in [6, 6.07) is 7.03. The van der Waals surface area contributed by atoms with Gasteiger partial charge in [-0.1, -0.05) is 18.2 Å². The molecule has 6 heteroatoms. The Bertz CT molecular complexity index is 771. The molecule has 5 nitrogen and oxygen atoms in total. The zero-order chi connectivity index (χ0) is 18.1. The minimum absolute atomic E-state index is 0.112. The molecular formula is C19H26N2O3S. The Morgan fingerprint density at radius 3 is 2.76 bits per heavy atom. The summed E-state index contributed by atoms with van der Waals surface area (Å²) in [4.78, 5) is 14.6. The second kappa shape index (κ2) is 6.92. The van der Waals surface area contributed by atoms with Crippen LogP contribution in [0.15, 0.2) is 41.8 Å². The Kier molecular flexibility index (Phi) is 5.02. The van der Waals surface area contributed by atoms with Crippen LogP contribution in [-0.2, 0) is 14.8 Å². The molecule has 0 saturated carbocycles. The van der Waals surface area contributed by atoms with E-state index in [1.165, 1.54) is 0 Å². The second-order valence-corrected chi connectivity index (χ2v) is 9.07. The van der Waals surface area contributed by atoms with E-state index in [0.717, 1.165) is 31.2 Å². The summed E-state index contributed by atoms with van der Waals surface area (Å²) in [6.07, 6.45) is 5.58. The minimum atomic E-state index is -3.55. The van der Waals surface area contributed by atoms with Gasteiger partial charge in [-0.2, -0.15) is 4.31 Å². The molecule has 2 aliphatic heterocycles. The van der Waals surface area contributed by atoms with Crippen LogP contribution < -0.4 is 0 Å². The van der Waals surface area contributed by atoms with E-state index in [2.05, 4.69) is 6.58 Å². The Labute approximate surface area is 150 Å². The molecule has 0 aromatic heterocycles. The lowest BCUT2D eigenvalue weighted by Crippen LogP contribution is -2.63. The molecule has 1 amide bonds. The van der Waals surface area contributed by atoms with Gasteiger partial charge in [0.1, 0.15) is 0 Å². The number of carbonyl (C=O) groups is 1. The van der Waals surface area contributed by atoms with E-state index in [4.69, 9.17) is 0 Å². The van der Waals surface area contributed by atoms with Crippen LogP contribution in [-0.4, -0.2) is 48.7 Å². The number of carbonyl (C=O) groups excluding carboxylic acids is 1. The summed E-state index contributed by atoms with van der Waals surface area (Å²) in [5, 5.41) is 0. The predicted octanol–water partition coefficient (Wildman–Crippen LogP) is 2.72. The highest BCUT2D eigenvalue weighted by atomic mass is 32.2. The van der Waals surface area contributed by atoms with E-state index >= 15 is 0 Å². The standard InChI is InChI=1S/C19H26N2O3S/c1-3-12-21-18(22)9-5-10-19(21)11-6-13-20(15-19)25(23,24)17-8-4-7-16(2)14-17/h3-4,7-8,14H,1,5-6,9-13,15H2,2H3/t19-/m1/s1. The number of benzene rings is 1. The maximum atomic E-state index is 13.1. The summed E-state index contributed by atoms with van der Waals surface area (Å²) in [5.41, 5.74) is 0.535. The van der Waals surface area contributed by atoms with Crippen molar-refractivity contribution in [3.8, 4) is 0 Å². The molecule has 0 N–H and O–H groups in total. The molecule has 1 spiro atoms. The van der Waals surface area contributed by atoms with E-state index in [0.29, 0.717) is 31.0 Å². The fourth-order valence-corrected chi connectivity index (χ4v) is 5.82. The number of rotatable bonds is 4. The number of amides is 1. The summed E-state index contributed by atoms with van der Waals surface area (Å²) < 4.78 is 27.8. The van der Waals surface area contributed by atoms with Crippen LogP contribution in [0, 0.1) is 6.92 Å². The molecule has 0 unspecified atom stereocenters. The van der Waals surface area contributed by atoms with Gasteiger partial charge in [0.15, 0.2) is 0 Å². The van der Waals surface area contributed by atoms with Crippen molar-refractivity contribution in [1.29, 1.82) is 0 Å². The minimum Gasteiger partial charge on any atom is -0.332 e. The molecule has 1 aromatic rings. The lowest BCUT2D eigenvalue weighted by atomic mass is 9.80. The third-order valence-corrected chi connectivity index (χ3v) is 7.21. The van der Waals surface area contributed by atoms with E-state index in [1.807, 2.05) is 17.9 Å². The summed E-state index contributed by atoms with van der Waals surface area (Å²) in [6.45, 7) is 7.03. The van der Waals surface area contributed by atoms with Gasteiger partial charge in [-0.05, 0) is 50.3 Å². The largest absolute Gasteiger partial charge is 0.332 e. The van der Waals surface area contributed by atoms with Crippen LogP contribution in [0.5, 0.6) is 0 Å². The molecule has 0 bridgehead atoms. The number of sulfonamides is 1. The third kappa shape index (κ3) is 3.37. The molecule has 1 atom stereocenters. The lowest BCUT2D eigenvalue weighted by molar-refractivity contribution is -0.143. The Hall–Kier alpha value is -1.66. The first-order valence-corrected chi connectivity index (χ1v) is 10.3. The van der Waals surface area contributed by atoms with E-state index < -0.39 is 15.6 Å². The normalized spacial score (nSPS) is 25.3. The number of piperidine rings is 2. The predicted molar refractivity (Wildman–Crippen MR) is 97.7 cm³/mol. The zero-order valence-electron chi connectivity index (χ0n) is 14.8. The second-order valence-electron chi connectivity index (χ2n) is 7.13. The molecule has 2 saturated heterocycles. The molecule has 0 radical (unpaired) electrons. The molecule has 25 heavy (non-hydrogen) atoms. The lowest BCUT2D eigenvalue weighted by Gasteiger charge is -2.51. The number of likely N-dealkylation sites (tertiary alicyclic amines) is 1. The smallest absolute Gasteiger partial charge is 0.243 e. The van der Waals surface area contributed by atoms with Crippen molar-refractivity contribution >= 4 is 15.9 Å². The zero-order valence-corrected chi connectivity index (χ0v) is 15.6. The highest BCUT2D eigenvalue weighted by Gasteiger charge is 2.47. The van der Waals surface area contributed by atoms with Gasteiger partial charge in [0.2, 0.25) is 15.9 Å². The van der Waals surface area contributed by atoms with Crippen molar-refractivity contribution < 1.29 is 13.2 Å². The molecule has 2 heterocycles. The van der Waals surface area contributed by atoms with Crippen molar-refractivity contribution in [3.05, 3.63) is 42.5 Å². The SMILES string of the molecule is C=CCN1C(=O)CCC[C@]12CCCN(S(=O)(=O)c1cccc(C)c1)C2. The van der Waals surface area contributed by atoms with Gasteiger partial charge in [0.25, 0.3) is 0 Å². The van der Waals surface area contributed by atoms with Gasteiger partial charge < -0.3 is 4.90 Å². The summed E-state index contributed by atoms with van der Waals surface area (Å²) in [7, 11) is -3.55. The Morgan fingerprint density at radius 1 is 1.28 bits per heavy atom. The van der Waals surface area contributed by atoms with Crippen LogP contribution in [0.25, 0.3) is 0 Å². The molecular weight excluding hydrogens is 336 g/mol. The maximum Gasteiger partial charge on any atom is 0.243 e. The summed E-state index contributed by atoms with van der Waals surface area (Å²) in [5.74, 6) is 0.112. The monoisotopic (exact) mass is 362 g/mol. The van der Waals surface area contributed by atoms with Crippen LogP contribution >= 0.6 is 0 Å². The molecule has 136 valence electrons. The Morgan fingerprint density at radius 2 is 2.04 bits per heavy atom. The van der Waals surface area contributed by atoms with Crippen molar-refractivity contribution in [1.82, 2.24) is 9.21 Å². The first-order valence-electron chi connectivity index (χ1n) is 8.87.